The van der Waals surface area contributed by atoms with E-state index >= 15 is 0 Å². The Balaban J connectivity index is 1.49. The van der Waals surface area contributed by atoms with Crippen molar-refractivity contribution in [3.8, 4) is 11.1 Å². The molecule has 0 radical (unpaired) electrons. The van der Waals surface area contributed by atoms with Crippen LogP contribution in [0.15, 0.2) is 48.5 Å². The standard InChI is InChI=1S/C22H25NO3/c1-22(2)14-23(12-11-20(22)24)21(25)26-13-19-17-9-5-3-7-15(17)16-8-4-6-10-18(16)19/h3-10,19-20,24H,11-14H2,1-2H3. The molecule has 136 valence electrons. The van der Waals surface area contributed by atoms with Gasteiger partial charge in [0.25, 0.3) is 0 Å². The number of rotatable bonds is 2. The SMILES string of the molecule is CC1(C)CN(C(=O)OCC2c3ccccc3-c3ccccc32)CCC1O. The van der Waals surface area contributed by atoms with Crippen molar-refractivity contribution in [3.05, 3.63) is 59.7 Å². The Kier molecular flexibility index (Phi) is 4.23. The lowest BCUT2D eigenvalue weighted by molar-refractivity contribution is -0.0236. The van der Waals surface area contributed by atoms with Gasteiger partial charge in [-0.15, -0.1) is 0 Å². The van der Waals surface area contributed by atoms with Crippen LogP contribution in [0.2, 0.25) is 0 Å². The van der Waals surface area contributed by atoms with Crippen molar-refractivity contribution in [2.75, 3.05) is 19.7 Å². The molecule has 1 atom stereocenters. The number of amides is 1. The van der Waals surface area contributed by atoms with Gasteiger partial charge >= 0.3 is 6.09 Å². The molecule has 4 nitrogen and oxygen atoms in total. The maximum absolute atomic E-state index is 12.6. The molecule has 0 aromatic heterocycles. The lowest BCUT2D eigenvalue weighted by Gasteiger charge is -2.41. The summed E-state index contributed by atoms with van der Waals surface area (Å²) in [7, 11) is 0. The number of ether oxygens (including phenoxy) is 1. The van der Waals surface area contributed by atoms with E-state index in [9.17, 15) is 9.90 Å². The summed E-state index contributed by atoms with van der Waals surface area (Å²) in [5, 5.41) is 10.1. The second-order valence-electron chi connectivity index (χ2n) is 8.02. The number of nitrogens with zero attached hydrogens (tertiary/aromatic N) is 1. The van der Waals surface area contributed by atoms with Crippen LogP contribution in [-0.4, -0.2) is 41.9 Å². The van der Waals surface area contributed by atoms with Gasteiger partial charge in [-0.3, -0.25) is 0 Å². The third-order valence-electron chi connectivity index (χ3n) is 5.77. The second-order valence-corrected chi connectivity index (χ2v) is 8.02. The van der Waals surface area contributed by atoms with Crippen LogP contribution in [0.3, 0.4) is 0 Å². The zero-order chi connectivity index (χ0) is 18.3. The number of carbonyl (C=O) groups is 1. The maximum Gasteiger partial charge on any atom is 0.409 e. The van der Waals surface area contributed by atoms with Crippen LogP contribution >= 0.6 is 0 Å². The van der Waals surface area contributed by atoms with Gasteiger partial charge in [0, 0.05) is 24.4 Å². The van der Waals surface area contributed by atoms with E-state index in [0.717, 1.165) is 0 Å². The highest BCUT2D eigenvalue weighted by molar-refractivity contribution is 5.79. The van der Waals surface area contributed by atoms with Gasteiger partial charge in [-0.25, -0.2) is 4.79 Å². The van der Waals surface area contributed by atoms with Crippen LogP contribution in [0.5, 0.6) is 0 Å². The van der Waals surface area contributed by atoms with Gasteiger partial charge in [0.1, 0.15) is 6.61 Å². The van der Waals surface area contributed by atoms with Gasteiger partial charge in [0.05, 0.1) is 6.10 Å². The van der Waals surface area contributed by atoms with E-state index in [4.69, 9.17) is 4.74 Å². The first kappa shape index (κ1) is 17.1. The average Bonchev–Trinajstić information content (AvgIpc) is 2.96. The van der Waals surface area contributed by atoms with Crippen molar-refractivity contribution >= 4 is 6.09 Å². The summed E-state index contributed by atoms with van der Waals surface area (Å²) in [6, 6.07) is 16.7. The van der Waals surface area contributed by atoms with Crippen LogP contribution in [-0.2, 0) is 4.74 Å². The zero-order valence-corrected chi connectivity index (χ0v) is 15.3. The molecule has 26 heavy (non-hydrogen) atoms. The predicted molar refractivity (Wildman–Crippen MR) is 101 cm³/mol. The molecule has 0 bridgehead atoms. The highest BCUT2D eigenvalue weighted by atomic mass is 16.6. The van der Waals surface area contributed by atoms with Crippen LogP contribution < -0.4 is 0 Å². The van der Waals surface area contributed by atoms with Gasteiger partial charge in [-0.05, 0) is 28.7 Å². The molecule has 2 aliphatic rings. The van der Waals surface area contributed by atoms with Crippen molar-refractivity contribution in [2.24, 2.45) is 5.41 Å². The average molecular weight is 351 g/mol. The number of benzene rings is 2. The minimum atomic E-state index is -0.375. The molecule has 1 N–H and O–H groups in total. The normalized spacial score (nSPS) is 21.2. The molecule has 1 amide bonds. The zero-order valence-electron chi connectivity index (χ0n) is 15.3. The van der Waals surface area contributed by atoms with E-state index in [0.29, 0.717) is 26.1 Å². The molecule has 1 fully saturated rings. The third-order valence-corrected chi connectivity index (χ3v) is 5.77. The molecule has 2 aromatic carbocycles. The summed E-state index contributed by atoms with van der Waals surface area (Å²) < 4.78 is 5.71. The smallest absolute Gasteiger partial charge is 0.409 e. The molecule has 4 rings (SSSR count). The van der Waals surface area contributed by atoms with Gasteiger partial charge in [-0.2, -0.15) is 0 Å². The quantitative estimate of drug-likeness (QED) is 0.889. The van der Waals surface area contributed by atoms with Crippen molar-refractivity contribution in [2.45, 2.75) is 32.3 Å². The first-order valence-electron chi connectivity index (χ1n) is 9.25. The molecule has 1 saturated heterocycles. The number of piperidine rings is 1. The number of aliphatic hydroxyl groups is 1. The van der Waals surface area contributed by atoms with Crippen LogP contribution in [0.25, 0.3) is 11.1 Å². The molecule has 2 aromatic rings. The van der Waals surface area contributed by atoms with E-state index < -0.39 is 0 Å². The molecule has 4 heteroatoms. The maximum atomic E-state index is 12.6. The highest BCUT2D eigenvalue weighted by Gasteiger charge is 2.37. The number of fused-ring (bicyclic) bond motifs is 3. The van der Waals surface area contributed by atoms with Crippen molar-refractivity contribution in [1.29, 1.82) is 0 Å². The molecule has 1 heterocycles. The topological polar surface area (TPSA) is 49.8 Å². The van der Waals surface area contributed by atoms with E-state index in [2.05, 4.69) is 24.3 Å². The molecule has 0 saturated carbocycles. The number of aliphatic hydroxyl groups excluding tert-OH is 1. The lowest BCUT2D eigenvalue weighted by Crippen LogP contribution is -2.50. The minimum Gasteiger partial charge on any atom is -0.448 e. The Morgan fingerprint density at radius 2 is 1.69 bits per heavy atom. The fourth-order valence-electron chi connectivity index (χ4n) is 4.19. The van der Waals surface area contributed by atoms with Gasteiger partial charge in [0.2, 0.25) is 0 Å². The first-order valence-corrected chi connectivity index (χ1v) is 9.25. The summed E-state index contributed by atoms with van der Waals surface area (Å²) in [6.07, 6.45) is -0.0658. The molecule has 1 aliphatic heterocycles. The predicted octanol–water partition coefficient (Wildman–Crippen LogP) is 4.03. The minimum absolute atomic E-state index is 0.0785. The molecular weight excluding hydrogens is 326 g/mol. The molecule has 1 unspecified atom stereocenters. The monoisotopic (exact) mass is 351 g/mol. The summed E-state index contributed by atoms with van der Waals surface area (Å²) in [5.41, 5.74) is 4.59. The second kappa shape index (κ2) is 6.44. The number of carbonyl (C=O) groups excluding carboxylic acids is 1. The van der Waals surface area contributed by atoms with Gasteiger partial charge < -0.3 is 14.7 Å². The summed E-state index contributed by atoms with van der Waals surface area (Å²) in [5.74, 6) is 0.0785. The largest absolute Gasteiger partial charge is 0.448 e. The first-order chi connectivity index (χ1) is 12.5. The summed E-state index contributed by atoms with van der Waals surface area (Å²) >= 11 is 0. The highest BCUT2D eigenvalue weighted by Crippen LogP contribution is 2.44. The van der Waals surface area contributed by atoms with Crippen molar-refractivity contribution in [3.63, 3.8) is 0 Å². The Morgan fingerprint density at radius 1 is 1.12 bits per heavy atom. The van der Waals surface area contributed by atoms with Crippen LogP contribution in [0.4, 0.5) is 4.79 Å². The summed E-state index contributed by atoms with van der Waals surface area (Å²) in [6.45, 7) is 5.37. The molecular formula is C22H25NO3. The molecule has 0 spiro atoms. The van der Waals surface area contributed by atoms with Gasteiger partial charge in [-0.1, -0.05) is 62.4 Å². The van der Waals surface area contributed by atoms with Gasteiger partial charge in [0.15, 0.2) is 0 Å². The van der Waals surface area contributed by atoms with E-state index in [1.165, 1.54) is 22.3 Å². The van der Waals surface area contributed by atoms with E-state index in [1.54, 1.807) is 4.90 Å². The number of likely N-dealkylation sites (tertiary alicyclic amines) is 1. The third kappa shape index (κ3) is 2.88. The fourth-order valence-corrected chi connectivity index (χ4v) is 4.19. The summed E-state index contributed by atoms with van der Waals surface area (Å²) in [4.78, 5) is 14.3. The van der Waals surface area contributed by atoms with E-state index in [1.807, 2.05) is 38.1 Å². The molecule has 1 aliphatic carbocycles. The Morgan fingerprint density at radius 3 is 2.27 bits per heavy atom. The lowest BCUT2D eigenvalue weighted by atomic mass is 9.81. The number of hydrogen-bond acceptors (Lipinski definition) is 3. The van der Waals surface area contributed by atoms with E-state index in [-0.39, 0.29) is 23.5 Å². The van der Waals surface area contributed by atoms with Crippen molar-refractivity contribution in [1.82, 2.24) is 4.90 Å². The Hall–Kier alpha value is -2.33. The Bertz CT molecular complexity index is 784. The van der Waals surface area contributed by atoms with Crippen LogP contribution in [0.1, 0.15) is 37.3 Å². The Labute approximate surface area is 154 Å². The van der Waals surface area contributed by atoms with Crippen LogP contribution in [0, 0.1) is 5.41 Å². The number of hydrogen-bond donors (Lipinski definition) is 1. The van der Waals surface area contributed by atoms with Crippen molar-refractivity contribution < 1.29 is 14.6 Å². The fraction of sp³-hybridized carbons (Fsp3) is 0.409.